The largest absolute Gasteiger partial charge is 0.348 e. The van der Waals surface area contributed by atoms with Crippen LogP contribution in [-0.2, 0) is 6.54 Å². The second kappa shape index (κ2) is 5.78. The number of pyridine rings is 1. The molecule has 1 heterocycles. The van der Waals surface area contributed by atoms with Crippen LogP contribution in [0.3, 0.4) is 0 Å². The highest BCUT2D eigenvalue weighted by molar-refractivity contribution is 9.10. The Balaban J connectivity index is 2.01. The molecule has 0 spiro atoms. The summed E-state index contributed by atoms with van der Waals surface area (Å²) < 4.78 is 0.720. The highest BCUT2D eigenvalue weighted by Gasteiger charge is 2.06. The minimum absolute atomic E-state index is 0.113. The van der Waals surface area contributed by atoms with Crippen LogP contribution < -0.4 is 5.32 Å². The van der Waals surface area contributed by atoms with Crippen molar-refractivity contribution in [2.45, 2.75) is 13.5 Å². The Kier molecular flexibility index (Phi) is 4.10. The lowest BCUT2D eigenvalue weighted by atomic mass is 10.1. The topological polar surface area (TPSA) is 42.0 Å². The molecule has 0 unspecified atom stereocenters. The van der Waals surface area contributed by atoms with Gasteiger partial charge in [0.25, 0.3) is 5.91 Å². The molecule has 1 aromatic heterocycles. The van der Waals surface area contributed by atoms with E-state index in [-0.39, 0.29) is 5.91 Å². The molecule has 0 aliphatic carbocycles. The van der Waals surface area contributed by atoms with E-state index in [2.05, 4.69) is 26.2 Å². The van der Waals surface area contributed by atoms with Gasteiger partial charge in [0.1, 0.15) is 4.60 Å². The van der Waals surface area contributed by atoms with Crippen molar-refractivity contribution in [1.82, 2.24) is 10.3 Å². The molecular weight excluding hydrogens is 292 g/mol. The summed E-state index contributed by atoms with van der Waals surface area (Å²) in [5.74, 6) is -0.113. The van der Waals surface area contributed by atoms with Crippen LogP contribution in [0.4, 0.5) is 0 Å². The van der Waals surface area contributed by atoms with Crippen LogP contribution in [-0.4, -0.2) is 10.9 Å². The summed E-state index contributed by atoms with van der Waals surface area (Å²) in [5.41, 5.74) is 2.86. The summed E-state index contributed by atoms with van der Waals surface area (Å²) in [4.78, 5) is 15.9. The van der Waals surface area contributed by atoms with Gasteiger partial charge in [-0.25, -0.2) is 4.98 Å². The molecule has 0 saturated carbocycles. The predicted molar refractivity (Wildman–Crippen MR) is 74.3 cm³/mol. The Hall–Kier alpha value is -1.68. The molecule has 0 fully saturated rings. The van der Waals surface area contributed by atoms with Crippen molar-refractivity contribution < 1.29 is 4.79 Å². The van der Waals surface area contributed by atoms with Gasteiger partial charge < -0.3 is 5.32 Å². The highest BCUT2D eigenvalue weighted by atomic mass is 79.9. The number of aromatic nitrogens is 1. The van der Waals surface area contributed by atoms with Gasteiger partial charge in [0, 0.05) is 12.7 Å². The van der Waals surface area contributed by atoms with E-state index in [4.69, 9.17) is 0 Å². The lowest BCUT2D eigenvalue weighted by Gasteiger charge is -2.07. The molecule has 0 bridgehead atoms. The summed E-state index contributed by atoms with van der Waals surface area (Å²) in [6.45, 7) is 2.56. The molecule has 2 aromatic rings. The minimum Gasteiger partial charge on any atom is -0.348 e. The summed E-state index contributed by atoms with van der Waals surface area (Å²) >= 11 is 3.24. The Morgan fingerprint density at radius 3 is 2.72 bits per heavy atom. The quantitative estimate of drug-likeness (QED) is 0.886. The number of halogens is 1. The molecule has 0 radical (unpaired) electrons. The van der Waals surface area contributed by atoms with Gasteiger partial charge in [-0.2, -0.15) is 0 Å². The van der Waals surface area contributed by atoms with Crippen LogP contribution in [0.25, 0.3) is 0 Å². The van der Waals surface area contributed by atoms with Crippen LogP contribution in [0.5, 0.6) is 0 Å². The fourth-order valence-electron chi connectivity index (χ4n) is 1.60. The zero-order valence-electron chi connectivity index (χ0n) is 9.98. The third-order valence-electron chi connectivity index (χ3n) is 2.69. The number of nitrogens with zero attached hydrogens (tertiary/aromatic N) is 1. The van der Waals surface area contributed by atoms with Crippen molar-refractivity contribution in [3.8, 4) is 0 Å². The molecule has 1 amide bonds. The third kappa shape index (κ3) is 3.17. The van der Waals surface area contributed by atoms with Crippen LogP contribution in [0.2, 0.25) is 0 Å². The first kappa shape index (κ1) is 12.8. The molecule has 4 heteroatoms. The van der Waals surface area contributed by atoms with Crippen molar-refractivity contribution in [2.24, 2.45) is 0 Å². The standard InChI is InChI=1S/C14H13BrN2O/c1-10-4-2-3-5-11(10)8-17-14(18)12-6-7-13(15)16-9-12/h2-7,9H,8H2,1H3,(H,17,18). The van der Waals surface area contributed by atoms with E-state index in [1.807, 2.05) is 31.2 Å². The van der Waals surface area contributed by atoms with Gasteiger partial charge in [-0.05, 0) is 46.1 Å². The number of rotatable bonds is 3. The summed E-state index contributed by atoms with van der Waals surface area (Å²) in [7, 11) is 0. The number of amides is 1. The van der Waals surface area contributed by atoms with Crippen molar-refractivity contribution in [2.75, 3.05) is 0 Å². The highest BCUT2D eigenvalue weighted by Crippen LogP contribution is 2.08. The van der Waals surface area contributed by atoms with E-state index in [0.717, 1.165) is 10.2 Å². The van der Waals surface area contributed by atoms with E-state index in [9.17, 15) is 4.79 Å². The average molecular weight is 305 g/mol. The molecule has 1 N–H and O–H groups in total. The summed E-state index contributed by atoms with van der Waals surface area (Å²) in [6, 6.07) is 11.5. The maximum Gasteiger partial charge on any atom is 0.253 e. The number of nitrogens with one attached hydrogen (secondary N) is 1. The molecule has 1 aromatic carbocycles. The Bertz CT molecular complexity index is 552. The second-order valence-corrected chi connectivity index (χ2v) is 4.79. The lowest BCUT2D eigenvalue weighted by molar-refractivity contribution is 0.0950. The third-order valence-corrected chi connectivity index (χ3v) is 3.16. The number of hydrogen-bond donors (Lipinski definition) is 1. The van der Waals surface area contributed by atoms with Gasteiger partial charge >= 0.3 is 0 Å². The normalized spacial score (nSPS) is 10.1. The van der Waals surface area contributed by atoms with Crippen LogP contribution >= 0.6 is 15.9 Å². The number of hydrogen-bond acceptors (Lipinski definition) is 2. The van der Waals surface area contributed by atoms with Crippen molar-refractivity contribution in [1.29, 1.82) is 0 Å². The lowest BCUT2D eigenvalue weighted by Crippen LogP contribution is -2.23. The molecule has 3 nitrogen and oxygen atoms in total. The van der Waals surface area contributed by atoms with Gasteiger partial charge in [0.15, 0.2) is 0 Å². The molecule has 0 aliphatic heterocycles. The molecule has 2 rings (SSSR count). The minimum atomic E-state index is -0.113. The van der Waals surface area contributed by atoms with Gasteiger partial charge in [-0.1, -0.05) is 24.3 Å². The molecule has 0 atom stereocenters. The first-order valence-electron chi connectivity index (χ1n) is 5.61. The van der Waals surface area contributed by atoms with Gasteiger partial charge in [0.2, 0.25) is 0 Å². The first-order chi connectivity index (χ1) is 8.66. The Morgan fingerprint density at radius 2 is 2.06 bits per heavy atom. The summed E-state index contributed by atoms with van der Waals surface area (Å²) in [5, 5.41) is 2.88. The SMILES string of the molecule is Cc1ccccc1CNC(=O)c1ccc(Br)nc1. The number of carbonyl (C=O) groups is 1. The summed E-state index contributed by atoms with van der Waals surface area (Å²) in [6.07, 6.45) is 1.55. The molecular formula is C14H13BrN2O. The van der Waals surface area contributed by atoms with E-state index in [1.54, 1.807) is 18.3 Å². The Morgan fingerprint density at radius 1 is 1.28 bits per heavy atom. The molecule has 92 valence electrons. The number of benzene rings is 1. The smallest absolute Gasteiger partial charge is 0.253 e. The second-order valence-electron chi connectivity index (χ2n) is 3.98. The monoisotopic (exact) mass is 304 g/mol. The number of carbonyl (C=O) groups excluding carboxylic acids is 1. The molecule has 0 saturated heterocycles. The predicted octanol–water partition coefficient (Wildman–Crippen LogP) is 3.08. The molecule has 0 aliphatic rings. The first-order valence-corrected chi connectivity index (χ1v) is 6.40. The van der Waals surface area contributed by atoms with Crippen molar-refractivity contribution in [3.05, 3.63) is 63.9 Å². The number of aryl methyl sites for hydroxylation is 1. The van der Waals surface area contributed by atoms with Crippen LogP contribution in [0.15, 0.2) is 47.2 Å². The van der Waals surface area contributed by atoms with Crippen LogP contribution in [0, 0.1) is 6.92 Å². The van der Waals surface area contributed by atoms with E-state index >= 15 is 0 Å². The molecule has 18 heavy (non-hydrogen) atoms. The van der Waals surface area contributed by atoms with E-state index < -0.39 is 0 Å². The van der Waals surface area contributed by atoms with Crippen molar-refractivity contribution >= 4 is 21.8 Å². The van der Waals surface area contributed by atoms with Crippen molar-refractivity contribution in [3.63, 3.8) is 0 Å². The maximum absolute atomic E-state index is 11.9. The van der Waals surface area contributed by atoms with Crippen LogP contribution in [0.1, 0.15) is 21.5 Å². The van der Waals surface area contributed by atoms with E-state index in [1.165, 1.54) is 5.56 Å². The fraction of sp³-hybridized carbons (Fsp3) is 0.143. The Labute approximate surface area is 114 Å². The zero-order chi connectivity index (χ0) is 13.0. The fourth-order valence-corrected chi connectivity index (χ4v) is 1.83. The van der Waals surface area contributed by atoms with Gasteiger partial charge in [-0.15, -0.1) is 0 Å². The van der Waals surface area contributed by atoms with Gasteiger partial charge in [-0.3, -0.25) is 4.79 Å². The maximum atomic E-state index is 11.9. The zero-order valence-corrected chi connectivity index (χ0v) is 11.6. The van der Waals surface area contributed by atoms with Gasteiger partial charge in [0.05, 0.1) is 5.56 Å². The van der Waals surface area contributed by atoms with E-state index in [0.29, 0.717) is 12.1 Å². The average Bonchev–Trinajstić information content (AvgIpc) is 2.38.